The maximum absolute atomic E-state index is 12.8. The van der Waals surface area contributed by atoms with Gasteiger partial charge in [-0.3, -0.25) is 4.79 Å². The molecule has 24 heavy (non-hydrogen) atoms. The minimum absolute atomic E-state index is 0.114. The molecule has 0 unspecified atom stereocenters. The number of alkyl halides is 1. The summed E-state index contributed by atoms with van der Waals surface area (Å²) in [6, 6.07) is 4.01. The molecule has 1 N–H and O–H groups in total. The van der Waals surface area contributed by atoms with Gasteiger partial charge in [-0.1, -0.05) is 19.8 Å². The number of nitrogens with zero attached hydrogens (tertiary/aromatic N) is 1. The highest BCUT2D eigenvalue weighted by atomic mass is 32.2. The molecule has 8 heteroatoms. The van der Waals surface area contributed by atoms with E-state index in [4.69, 9.17) is 11.2 Å². The number of hydrogen-bond acceptors (Lipinski definition) is 4. The van der Waals surface area contributed by atoms with E-state index in [0.29, 0.717) is 5.75 Å². The van der Waals surface area contributed by atoms with Crippen LogP contribution in [0.4, 0.5) is 4.39 Å². The van der Waals surface area contributed by atoms with Crippen molar-refractivity contribution in [3.8, 4) is 18.1 Å². The Hall–Kier alpha value is -2.11. The molecule has 1 atom stereocenters. The van der Waals surface area contributed by atoms with Crippen LogP contribution in [-0.2, 0) is 14.8 Å². The number of hydrogen-bond donors (Lipinski definition) is 1. The molecule has 0 heterocycles. The summed E-state index contributed by atoms with van der Waals surface area (Å²) in [7, 11) is -4.11. The number of carboxylic acid groups (broad SMARTS) is 1. The summed E-state index contributed by atoms with van der Waals surface area (Å²) >= 11 is 0. The van der Waals surface area contributed by atoms with E-state index < -0.39 is 34.6 Å². The second-order valence-electron chi connectivity index (χ2n) is 5.29. The van der Waals surface area contributed by atoms with E-state index in [2.05, 4.69) is 5.92 Å². The van der Waals surface area contributed by atoms with Crippen molar-refractivity contribution in [3.63, 3.8) is 0 Å². The summed E-state index contributed by atoms with van der Waals surface area (Å²) in [5.74, 6) is 0.758. The Morgan fingerprint density at radius 2 is 1.96 bits per heavy atom. The number of aliphatic carboxylic acids is 1. The lowest BCUT2D eigenvalue weighted by Crippen LogP contribution is -2.48. The summed E-state index contributed by atoms with van der Waals surface area (Å²) < 4.78 is 43.4. The Bertz CT molecular complexity index is 694. The van der Waals surface area contributed by atoms with E-state index in [9.17, 15) is 22.7 Å². The summed E-state index contributed by atoms with van der Waals surface area (Å²) in [6.07, 6.45) is 5.22. The Balaban J connectivity index is 3.21. The maximum Gasteiger partial charge on any atom is 0.322 e. The van der Waals surface area contributed by atoms with Crippen molar-refractivity contribution in [3.05, 3.63) is 24.3 Å². The van der Waals surface area contributed by atoms with Gasteiger partial charge in [-0.2, -0.15) is 4.31 Å². The zero-order valence-electron chi connectivity index (χ0n) is 13.5. The number of sulfonamides is 1. The van der Waals surface area contributed by atoms with Crippen LogP contribution in [0, 0.1) is 18.3 Å². The molecule has 1 aromatic carbocycles. The quantitative estimate of drug-likeness (QED) is 0.681. The molecule has 1 rings (SSSR count). The number of benzene rings is 1. The van der Waals surface area contributed by atoms with Gasteiger partial charge in [0, 0.05) is 0 Å². The van der Waals surface area contributed by atoms with E-state index in [0.717, 1.165) is 4.31 Å². The third-order valence-electron chi connectivity index (χ3n) is 3.22. The van der Waals surface area contributed by atoms with Crippen LogP contribution in [0.15, 0.2) is 29.2 Å². The molecular weight excluding hydrogens is 337 g/mol. The van der Waals surface area contributed by atoms with Gasteiger partial charge in [0.2, 0.25) is 10.0 Å². The highest BCUT2D eigenvalue weighted by molar-refractivity contribution is 7.89. The Morgan fingerprint density at radius 1 is 1.38 bits per heavy atom. The van der Waals surface area contributed by atoms with Gasteiger partial charge in [0.05, 0.1) is 11.4 Å². The van der Waals surface area contributed by atoms with Gasteiger partial charge >= 0.3 is 5.97 Å². The van der Waals surface area contributed by atoms with Gasteiger partial charge in [-0.05, 0) is 30.2 Å². The van der Waals surface area contributed by atoms with Gasteiger partial charge in [0.1, 0.15) is 25.1 Å². The van der Waals surface area contributed by atoms with Crippen molar-refractivity contribution in [1.82, 2.24) is 4.31 Å². The number of carboxylic acids is 1. The summed E-state index contributed by atoms with van der Waals surface area (Å²) in [5, 5.41) is 9.36. The van der Waals surface area contributed by atoms with Crippen molar-refractivity contribution < 1.29 is 27.4 Å². The van der Waals surface area contributed by atoms with E-state index in [-0.39, 0.29) is 18.0 Å². The van der Waals surface area contributed by atoms with Crippen LogP contribution in [0.5, 0.6) is 5.75 Å². The first kappa shape index (κ1) is 19.9. The lowest BCUT2D eigenvalue weighted by Gasteiger charge is -2.29. The number of carbonyl (C=O) groups is 1. The molecule has 0 aliphatic rings. The second-order valence-corrected chi connectivity index (χ2v) is 7.18. The van der Waals surface area contributed by atoms with Crippen LogP contribution in [0.2, 0.25) is 0 Å². The molecule has 1 aromatic rings. The van der Waals surface area contributed by atoms with Gasteiger partial charge in [0.25, 0.3) is 0 Å². The lowest BCUT2D eigenvalue weighted by atomic mass is 10.1. The summed E-state index contributed by atoms with van der Waals surface area (Å²) in [5.41, 5.74) is 0. The van der Waals surface area contributed by atoms with Gasteiger partial charge < -0.3 is 9.84 Å². The van der Waals surface area contributed by atoms with Gasteiger partial charge in [0.15, 0.2) is 0 Å². The molecule has 0 radical (unpaired) electrons. The fraction of sp³-hybridized carbons (Fsp3) is 0.438. The average molecular weight is 357 g/mol. The number of rotatable bonds is 9. The molecule has 0 spiro atoms. The predicted molar refractivity (Wildman–Crippen MR) is 86.9 cm³/mol. The normalized spacial score (nSPS) is 12.8. The molecule has 6 nitrogen and oxygen atoms in total. The summed E-state index contributed by atoms with van der Waals surface area (Å²) in [6.45, 7) is 2.05. The van der Waals surface area contributed by atoms with Crippen LogP contribution in [-0.4, -0.2) is 49.7 Å². The molecule has 132 valence electrons. The van der Waals surface area contributed by atoms with E-state index in [1.807, 2.05) is 0 Å². The van der Waals surface area contributed by atoms with E-state index in [1.165, 1.54) is 24.3 Å². The van der Waals surface area contributed by atoms with Crippen LogP contribution in [0.3, 0.4) is 0 Å². The van der Waals surface area contributed by atoms with Crippen molar-refractivity contribution in [1.29, 1.82) is 0 Å². The van der Waals surface area contributed by atoms with Crippen molar-refractivity contribution in [2.24, 2.45) is 5.92 Å². The van der Waals surface area contributed by atoms with Gasteiger partial charge in [-0.25, -0.2) is 12.8 Å². The largest absolute Gasteiger partial charge is 0.491 e. The smallest absolute Gasteiger partial charge is 0.322 e. The maximum atomic E-state index is 12.8. The molecule has 0 aromatic heterocycles. The first-order valence-electron chi connectivity index (χ1n) is 7.22. The SMILES string of the molecule is C#CCN([C@@H](C(=O)O)C(C)C)S(=O)(=O)c1ccc(OCCF)cc1. The molecule has 0 fully saturated rings. The average Bonchev–Trinajstić information content (AvgIpc) is 2.52. The molecule has 0 saturated heterocycles. The standard InChI is InChI=1S/C16H20FNO5S/c1-4-10-18(15(12(2)3)16(19)20)24(21,22)14-7-5-13(6-8-14)23-11-9-17/h1,5-8,12,15H,9-11H2,2-3H3,(H,19,20)/t15-/m1/s1. The zero-order valence-corrected chi connectivity index (χ0v) is 14.3. The summed E-state index contributed by atoms with van der Waals surface area (Å²) in [4.78, 5) is 11.4. The molecule has 0 aliphatic heterocycles. The van der Waals surface area contributed by atoms with Gasteiger partial charge in [-0.15, -0.1) is 6.42 Å². The topological polar surface area (TPSA) is 83.9 Å². The molecule has 0 saturated carbocycles. The van der Waals surface area contributed by atoms with Crippen LogP contribution >= 0.6 is 0 Å². The highest BCUT2D eigenvalue weighted by Crippen LogP contribution is 2.24. The van der Waals surface area contributed by atoms with E-state index in [1.54, 1.807) is 13.8 Å². The number of ether oxygens (including phenoxy) is 1. The molecule has 0 aliphatic carbocycles. The minimum atomic E-state index is -4.11. The first-order valence-corrected chi connectivity index (χ1v) is 8.66. The van der Waals surface area contributed by atoms with Crippen molar-refractivity contribution >= 4 is 16.0 Å². The van der Waals surface area contributed by atoms with Crippen molar-refractivity contribution in [2.45, 2.75) is 24.8 Å². The fourth-order valence-electron chi connectivity index (χ4n) is 2.16. The molecule has 0 bridgehead atoms. The minimum Gasteiger partial charge on any atom is -0.491 e. The van der Waals surface area contributed by atoms with Crippen LogP contribution in [0.25, 0.3) is 0 Å². The third kappa shape index (κ3) is 4.69. The lowest BCUT2D eigenvalue weighted by molar-refractivity contribution is -0.142. The molecule has 0 amide bonds. The zero-order chi connectivity index (χ0) is 18.3. The van der Waals surface area contributed by atoms with E-state index >= 15 is 0 Å². The van der Waals surface area contributed by atoms with Crippen LogP contribution < -0.4 is 4.74 Å². The highest BCUT2D eigenvalue weighted by Gasteiger charge is 2.37. The second kappa shape index (κ2) is 8.66. The Kier molecular flexibility index (Phi) is 7.19. The molecular formula is C16H20FNO5S. The van der Waals surface area contributed by atoms with Crippen molar-refractivity contribution in [2.75, 3.05) is 19.8 Å². The number of halogens is 1. The number of terminal acetylenes is 1. The predicted octanol–water partition coefficient (Wildman–Crippen LogP) is 1.77. The van der Waals surface area contributed by atoms with Crippen LogP contribution in [0.1, 0.15) is 13.8 Å². The monoisotopic (exact) mass is 357 g/mol. The first-order chi connectivity index (χ1) is 11.3. The Morgan fingerprint density at radius 3 is 2.38 bits per heavy atom. The fourth-order valence-corrected chi connectivity index (χ4v) is 3.79. The third-order valence-corrected chi connectivity index (χ3v) is 5.06. The Labute approximate surface area is 141 Å².